The SMILES string of the molecule is CC(C)CN1CC(C(=O)N2C(C)SCC2C(=O)O)CC1=O. The van der Waals surface area contributed by atoms with E-state index in [-0.39, 0.29) is 23.6 Å². The first-order valence-corrected chi connectivity index (χ1v) is 8.30. The molecule has 118 valence electrons. The molecule has 7 heteroatoms. The highest BCUT2D eigenvalue weighted by molar-refractivity contribution is 8.00. The van der Waals surface area contributed by atoms with Gasteiger partial charge >= 0.3 is 5.97 Å². The van der Waals surface area contributed by atoms with Gasteiger partial charge in [0.15, 0.2) is 0 Å². The molecule has 0 saturated carbocycles. The fourth-order valence-corrected chi connectivity index (χ4v) is 4.11. The second kappa shape index (κ2) is 6.25. The van der Waals surface area contributed by atoms with E-state index in [0.717, 1.165) is 0 Å². The summed E-state index contributed by atoms with van der Waals surface area (Å²) in [5.41, 5.74) is 0. The van der Waals surface area contributed by atoms with Crippen LogP contribution < -0.4 is 0 Å². The summed E-state index contributed by atoms with van der Waals surface area (Å²) < 4.78 is 0. The zero-order chi connectivity index (χ0) is 15.7. The van der Waals surface area contributed by atoms with Gasteiger partial charge < -0.3 is 14.9 Å². The molecule has 0 spiro atoms. The lowest BCUT2D eigenvalue weighted by Crippen LogP contribution is -2.47. The average molecular weight is 314 g/mol. The topological polar surface area (TPSA) is 77.9 Å². The Balaban J connectivity index is 2.06. The standard InChI is InChI=1S/C14H22N2O4S/c1-8(2)5-15-6-10(4-12(15)17)13(18)16-9(3)21-7-11(16)14(19)20/h8-11H,4-7H2,1-3H3,(H,19,20). The Bertz CT molecular complexity index is 454. The Kier molecular flexibility index (Phi) is 4.81. The van der Waals surface area contributed by atoms with Crippen LogP contribution in [-0.2, 0) is 14.4 Å². The number of carbonyl (C=O) groups excluding carboxylic acids is 2. The highest BCUT2D eigenvalue weighted by atomic mass is 32.2. The number of thioether (sulfide) groups is 1. The highest BCUT2D eigenvalue weighted by Gasteiger charge is 2.44. The molecular formula is C14H22N2O4S. The predicted octanol–water partition coefficient (Wildman–Crippen LogP) is 0.866. The number of rotatable bonds is 4. The van der Waals surface area contributed by atoms with Crippen molar-refractivity contribution in [2.45, 2.75) is 38.6 Å². The first-order valence-electron chi connectivity index (χ1n) is 7.25. The van der Waals surface area contributed by atoms with Gasteiger partial charge in [0.25, 0.3) is 0 Å². The molecule has 0 aromatic carbocycles. The number of carboxylic acids is 1. The molecule has 2 aliphatic rings. The maximum atomic E-state index is 12.6. The minimum Gasteiger partial charge on any atom is -0.480 e. The molecule has 0 bridgehead atoms. The van der Waals surface area contributed by atoms with Crippen molar-refractivity contribution in [3.63, 3.8) is 0 Å². The lowest BCUT2D eigenvalue weighted by atomic mass is 10.1. The minimum absolute atomic E-state index is 0.00609. The maximum absolute atomic E-state index is 12.6. The van der Waals surface area contributed by atoms with Gasteiger partial charge in [0.05, 0.1) is 11.3 Å². The van der Waals surface area contributed by atoms with Gasteiger partial charge in [-0.2, -0.15) is 0 Å². The van der Waals surface area contributed by atoms with Crippen LogP contribution in [0, 0.1) is 11.8 Å². The summed E-state index contributed by atoms with van der Waals surface area (Å²) in [6, 6.07) is -0.772. The van der Waals surface area contributed by atoms with Crippen molar-refractivity contribution in [2.24, 2.45) is 11.8 Å². The molecule has 6 nitrogen and oxygen atoms in total. The van der Waals surface area contributed by atoms with Gasteiger partial charge in [0.1, 0.15) is 6.04 Å². The van der Waals surface area contributed by atoms with Crippen molar-refractivity contribution in [3.05, 3.63) is 0 Å². The molecule has 21 heavy (non-hydrogen) atoms. The van der Waals surface area contributed by atoms with Crippen molar-refractivity contribution in [1.82, 2.24) is 9.80 Å². The maximum Gasteiger partial charge on any atom is 0.327 e. The zero-order valence-electron chi connectivity index (χ0n) is 12.6. The molecule has 0 radical (unpaired) electrons. The van der Waals surface area contributed by atoms with Crippen LogP contribution in [-0.4, -0.2) is 62.9 Å². The Morgan fingerprint density at radius 3 is 2.67 bits per heavy atom. The molecule has 2 saturated heterocycles. The molecule has 2 amide bonds. The van der Waals surface area contributed by atoms with E-state index in [1.54, 1.807) is 4.90 Å². The van der Waals surface area contributed by atoms with E-state index in [1.165, 1.54) is 16.7 Å². The summed E-state index contributed by atoms with van der Waals surface area (Å²) in [6.07, 6.45) is 0.200. The van der Waals surface area contributed by atoms with Gasteiger partial charge in [0.2, 0.25) is 11.8 Å². The zero-order valence-corrected chi connectivity index (χ0v) is 13.4. The lowest BCUT2D eigenvalue weighted by molar-refractivity contribution is -0.150. The minimum atomic E-state index is -0.969. The fourth-order valence-electron chi connectivity index (χ4n) is 2.93. The van der Waals surface area contributed by atoms with Gasteiger partial charge in [-0.1, -0.05) is 13.8 Å². The van der Waals surface area contributed by atoms with E-state index >= 15 is 0 Å². The van der Waals surface area contributed by atoms with Crippen LogP contribution in [0.4, 0.5) is 0 Å². The van der Waals surface area contributed by atoms with Gasteiger partial charge in [-0.25, -0.2) is 4.79 Å². The van der Waals surface area contributed by atoms with Crippen molar-refractivity contribution < 1.29 is 19.5 Å². The van der Waals surface area contributed by atoms with Crippen LogP contribution in [0.1, 0.15) is 27.2 Å². The summed E-state index contributed by atoms with van der Waals surface area (Å²) >= 11 is 1.47. The summed E-state index contributed by atoms with van der Waals surface area (Å²) in [7, 11) is 0. The monoisotopic (exact) mass is 314 g/mol. The molecule has 2 rings (SSSR count). The molecule has 3 unspecified atom stereocenters. The van der Waals surface area contributed by atoms with E-state index in [4.69, 9.17) is 0 Å². The number of hydrogen-bond acceptors (Lipinski definition) is 4. The van der Waals surface area contributed by atoms with Gasteiger partial charge in [-0.05, 0) is 12.8 Å². The molecule has 2 aliphatic heterocycles. The van der Waals surface area contributed by atoms with Crippen LogP contribution >= 0.6 is 11.8 Å². The third-order valence-corrected chi connectivity index (χ3v) is 5.13. The molecule has 3 atom stereocenters. The molecule has 1 N–H and O–H groups in total. The number of carboxylic acid groups (broad SMARTS) is 1. The summed E-state index contributed by atoms with van der Waals surface area (Å²) in [6.45, 7) is 6.96. The van der Waals surface area contributed by atoms with Gasteiger partial charge in [-0.3, -0.25) is 9.59 Å². The van der Waals surface area contributed by atoms with Crippen LogP contribution in [0.2, 0.25) is 0 Å². The molecule has 2 heterocycles. The van der Waals surface area contributed by atoms with Gasteiger partial charge in [-0.15, -0.1) is 11.8 Å². The predicted molar refractivity (Wildman–Crippen MR) is 79.7 cm³/mol. The Morgan fingerprint density at radius 1 is 1.43 bits per heavy atom. The summed E-state index contributed by atoms with van der Waals surface area (Å²) in [4.78, 5) is 39.0. The molecule has 0 aromatic rings. The third kappa shape index (κ3) is 3.33. The average Bonchev–Trinajstić information content (AvgIpc) is 2.92. The summed E-state index contributed by atoms with van der Waals surface area (Å²) in [5.74, 6) is -0.801. The smallest absolute Gasteiger partial charge is 0.327 e. The van der Waals surface area contributed by atoms with Crippen LogP contribution in [0.15, 0.2) is 0 Å². The van der Waals surface area contributed by atoms with E-state index in [1.807, 2.05) is 20.8 Å². The molecule has 0 aliphatic carbocycles. The van der Waals surface area contributed by atoms with Crippen molar-refractivity contribution in [3.8, 4) is 0 Å². The van der Waals surface area contributed by atoms with E-state index in [2.05, 4.69) is 0 Å². The Hall–Kier alpha value is -1.24. The second-order valence-corrected chi connectivity index (χ2v) is 7.47. The van der Waals surface area contributed by atoms with Crippen molar-refractivity contribution in [1.29, 1.82) is 0 Å². The highest BCUT2D eigenvalue weighted by Crippen LogP contribution is 2.32. The second-order valence-electron chi connectivity index (χ2n) is 6.13. The quantitative estimate of drug-likeness (QED) is 0.833. The molecular weight excluding hydrogens is 292 g/mol. The van der Waals surface area contributed by atoms with Crippen LogP contribution in [0.5, 0.6) is 0 Å². The van der Waals surface area contributed by atoms with Gasteiger partial charge in [0, 0.05) is 25.3 Å². The van der Waals surface area contributed by atoms with E-state index in [0.29, 0.717) is 24.8 Å². The van der Waals surface area contributed by atoms with Crippen molar-refractivity contribution in [2.75, 3.05) is 18.8 Å². The Morgan fingerprint density at radius 2 is 2.10 bits per heavy atom. The summed E-state index contributed by atoms with van der Waals surface area (Å²) in [5, 5.41) is 9.09. The first kappa shape index (κ1) is 16.1. The van der Waals surface area contributed by atoms with Crippen molar-refractivity contribution >= 4 is 29.5 Å². The molecule has 2 fully saturated rings. The number of aliphatic carboxylic acids is 1. The third-order valence-electron chi connectivity index (χ3n) is 3.91. The van der Waals surface area contributed by atoms with E-state index in [9.17, 15) is 19.5 Å². The lowest BCUT2D eigenvalue weighted by Gasteiger charge is -2.27. The first-order chi connectivity index (χ1) is 9.81. The Labute approximate surface area is 128 Å². The number of likely N-dealkylation sites (tertiary alicyclic amines) is 1. The number of hydrogen-bond donors (Lipinski definition) is 1. The number of amides is 2. The number of nitrogens with zero attached hydrogens (tertiary/aromatic N) is 2. The largest absolute Gasteiger partial charge is 0.480 e. The van der Waals surface area contributed by atoms with Crippen LogP contribution in [0.3, 0.4) is 0 Å². The number of carbonyl (C=O) groups is 3. The molecule has 0 aromatic heterocycles. The van der Waals surface area contributed by atoms with Crippen LogP contribution in [0.25, 0.3) is 0 Å². The normalized spacial score (nSPS) is 29.5. The van der Waals surface area contributed by atoms with E-state index < -0.39 is 17.9 Å². The fraction of sp³-hybridized carbons (Fsp3) is 0.786.